The van der Waals surface area contributed by atoms with Gasteiger partial charge in [-0.1, -0.05) is 29.3 Å². The van der Waals surface area contributed by atoms with E-state index in [1.807, 2.05) is 0 Å². The van der Waals surface area contributed by atoms with Gasteiger partial charge in [-0.25, -0.2) is 0 Å². The predicted octanol–water partition coefficient (Wildman–Crippen LogP) is 1.64. The largest absolute Gasteiger partial charge is 0.370 e. The second-order valence-electron chi connectivity index (χ2n) is 2.99. The Balaban J connectivity index is 3.10. The standard InChI is InChI=1S/C9H11Cl2N5/c1-16(9(14)15-8(12)13)7-5(10)3-2-4-6(7)11/h2-4H,1H3,(H5,12,13,14,15). The summed E-state index contributed by atoms with van der Waals surface area (Å²) in [5.74, 6) is -0.338. The van der Waals surface area contributed by atoms with Crippen molar-refractivity contribution in [1.29, 1.82) is 5.41 Å². The minimum absolute atomic E-state index is 0.144. The molecule has 1 rings (SSSR count). The Bertz CT molecular complexity index is 419. The molecule has 0 heterocycles. The number of rotatable bonds is 1. The number of nitrogens with one attached hydrogen (secondary N) is 1. The summed E-state index contributed by atoms with van der Waals surface area (Å²) in [4.78, 5) is 4.99. The van der Waals surface area contributed by atoms with Crippen molar-refractivity contribution < 1.29 is 0 Å². The highest BCUT2D eigenvalue weighted by molar-refractivity contribution is 6.39. The van der Waals surface area contributed by atoms with E-state index < -0.39 is 0 Å². The fourth-order valence-corrected chi connectivity index (χ4v) is 1.76. The summed E-state index contributed by atoms with van der Waals surface area (Å²) in [7, 11) is 1.60. The van der Waals surface area contributed by atoms with E-state index >= 15 is 0 Å². The average molecular weight is 260 g/mol. The molecular formula is C9H11Cl2N5. The van der Waals surface area contributed by atoms with E-state index in [2.05, 4.69) is 4.99 Å². The normalized spacial score (nSPS) is 9.69. The summed E-state index contributed by atoms with van der Waals surface area (Å²) in [5.41, 5.74) is 10.8. The Kier molecular flexibility index (Phi) is 3.98. The molecule has 0 fully saturated rings. The van der Waals surface area contributed by atoms with Crippen molar-refractivity contribution in [3.05, 3.63) is 28.2 Å². The molecule has 86 valence electrons. The maximum Gasteiger partial charge on any atom is 0.225 e. The third-order valence-corrected chi connectivity index (χ3v) is 2.44. The van der Waals surface area contributed by atoms with Crippen LogP contribution in [0.4, 0.5) is 5.69 Å². The fraction of sp³-hybridized carbons (Fsp3) is 0.111. The van der Waals surface area contributed by atoms with Gasteiger partial charge in [0.2, 0.25) is 5.96 Å². The van der Waals surface area contributed by atoms with Gasteiger partial charge in [0.05, 0.1) is 15.7 Å². The summed E-state index contributed by atoms with van der Waals surface area (Å²) in [6.07, 6.45) is 0. The van der Waals surface area contributed by atoms with Gasteiger partial charge in [0, 0.05) is 7.05 Å². The number of guanidine groups is 2. The Hall–Kier alpha value is -1.46. The van der Waals surface area contributed by atoms with Crippen LogP contribution < -0.4 is 16.4 Å². The van der Waals surface area contributed by atoms with Gasteiger partial charge >= 0.3 is 0 Å². The maximum absolute atomic E-state index is 7.62. The first-order valence-electron chi connectivity index (χ1n) is 4.29. The number of halogens is 2. The second-order valence-corrected chi connectivity index (χ2v) is 3.80. The molecule has 0 aliphatic heterocycles. The highest BCUT2D eigenvalue weighted by Crippen LogP contribution is 2.32. The Morgan fingerprint density at radius 3 is 2.25 bits per heavy atom. The molecule has 0 saturated heterocycles. The Morgan fingerprint density at radius 1 is 1.31 bits per heavy atom. The lowest BCUT2D eigenvalue weighted by Crippen LogP contribution is -2.30. The van der Waals surface area contributed by atoms with Crippen LogP contribution in [0.25, 0.3) is 0 Å². The topological polar surface area (TPSA) is 91.5 Å². The number of benzene rings is 1. The van der Waals surface area contributed by atoms with Crippen LogP contribution in [0.5, 0.6) is 0 Å². The number of nitrogens with two attached hydrogens (primary N) is 2. The number of aliphatic imine (C=N–C) groups is 1. The van der Waals surface area contributed by atoms with E-state index in [0.717, 1.165) is 0 Å². The van der Waals surface area contributed by atoms with Gasteiger partial charge in [-0.05, 0) is 12.1 Å². The first kappa shape index (κ1) is 12.6. The molecule has 7 heteroatoms. The van der Waals surface area contributed by atoms with Crippen LogP contribution in [-0.4, -0.2) is 19.0 Å². The first-order valence-corrected chi connectivity index (χ1v) is 5.05. The van der Waals surface area contributed by atoms with Gasteiger partial charge in [0.15, 0.2) is 5.96 Å². The predicted molar refractivity (Wildman–Crippen MR) is 68.4 cm³/mol. The monoisotopic (exact) mass is 259 g/mol. The molecule has 1 aromatic rings. The molecule has 0 aromatic heterocycles. The van der Waals surface area contributed by atoms with Crippen molar-refractivity contribution in [2.75, 3.05) is 11.9 Å². The highest BCUT2D eigenvalue weighted by atomic mass is 35.5. The third-order valence-electron chi connectivity index (χ3n) is 1.83. The average Bonchev–Trinajstić information content (AvgIpc) is 2.16. The van der Waals surface area contributed by atoms with Crippen LogP contribution in [0, 0.1) is 5.41 Å². The molecule has 1 aromatic carbocycles. The Labute approximate surface area is 103 Å². The minimum atomic E-state index is -0.194. The van der Waals surface area contributed by atoms with E-state index in [-0.39, 0.29) is 11.9 Å². The van der Waals surface area contributed by atoms with Crippen LogP contribution >= 0.6 is 23.2 Å². The minimum Gasteiger partial charge on any atom is -0.370 e. The van der Waals surface area contributed by atoms with Gasteiger partial charge in [-0.2, -0.15) is 4.99 Å². The zero-order chi connectivity index (χ0) is 12.3. The lowest BCUT2D eigenvalue weighted by Gasteiger charge is -2.19. The lowest BCUT2D eigenvalue weighted by molar-refractivity contribution is 1.19. The molecule has 0 amide bonds. The van der Waals surface area contributed by atoms with E-state index in [9.17, 15) is 0 Å². The van der Waals surface area contributed by atoms with E-state index in [1.165, 1.54) is 4.90 Å². The number of anilines is 1. The Morgan fingerprint density at radius 2 is 1.81 bits per heavy atom. The van der Waals surface area contributed by atoms with Crippen LogP contribution in [0.1, 0.15) is 0 Å². The third kappa shape index (κ3) is 2.77. The molecule has 16 heavy (non-hydrogen) atoms. The molecule has 0 atom stereocenters. The van der Waals surface area contributed by atoms with Crippen LogP contribution in [0.15, 0.2) is 23.2 Å². The molecule has 0 radical (unpaired) electrons. The SMILES string of the molecule is CN(C(=N)N=C(N)N)c1c(Cl)cccc1Cl. The first-order chi connectivity index (χ1) is 7.43. The maximum atomic E-state index is 7.62. The van der Waals surface area contributed by atoms with E-state index in [4.69, 9.17) is 40.1 Å². The molecule has 0 aliphatic rings. The summed E-state index contributed by atoms with van der Waals surface area (Å²) in [6.45, 7) is 0. The van der Waals surface area contributed by atoms with Gasteiger partial charge in [0.25, 0.3) is 0 Å². The smallest absolute Gasteiger partial charge is 0.225 e. The van der Waals surface area contributed by atoms with Crippen molar-refractivity contribution in [3.8, 4) is 0 Å². The number of hydrogen-bond acceptors (Lipinski definition) is 1. The molecule has 0 spiro atoms. The molecule has 5 nitrogen and oxygen atoms in total. The van der Waals surface area contributed by atoms with Crippen LogP contribution in [0.3, 0.4) is 0 Å². The molecule has 0 aliphatic carbocycles. The summed E-state index contributed by atoms with van der Waals surface area (Å²) in [6, 6.07) is 5.05. The van der Waals surface area contributed by atoms with E-state index in [1.54, 1.807) is 25.2 Å². The van der Waals surface area contributed by atoms with Gasteiger partial charge < -0.3 is 16.4 Å². The summed E-state index contributed by atoms with van der Waals surface area (Å²) >= 11 is 11.9. The van der Waals surface area contributed by atoms with Crippen molar-refractivity contribution in [2.24, 2.45) is 16.5 Å². The lowest BCUT2D eigenvalue weighted by atomic mass is 10.3. The number of nitrogens with zero attached hydrogens (tertiary/aromatic N) is 2. The zero-order valence-corrected chi connectivity index (χ0v) is 10.0. The van der Waals surface area contributed by atoms with Gasteiger partial charge in [-0.3, -0.25) is 5.41 Å². The highest BCUT2D eigenvalue weighted by Gasteiger charge is 2.13. The van der Waals surface area contributed by atoms with E-state index in [0.29, 0.717) is 15.7 Å². The molecular weight excluding hydrogens is 249 g/mol. The second kappa shape index (κ2) is 5.05. The van der Waals surface area contributed by atoms with Gasteiger partial charge in [-0.15, -0.1) is 0 Å². The van der Waals surface area contributed by atoms with Crippen molar-refractivity contribution in [2.45, 2.75) is 0 Å². The molecule has 5 N–H and O–H groups in total. The van der Waals surface area contributed by atoms with Crippen molar-refractivity contribution >= 4 is 40.8 Å². The quantitative estimate of drug-likeness (QED) is 0.529. The van der Waals surface area contributed by atoms with Crippen molar-refractivity contribution in [1.82, 2.24) is 0 Å². The molecule has 0 bridgehead atoms. The zero-order valence-electron chi connectivity index (χ0n) is 8.54. The van der Waals surface area contributed by atoms with Crippen molar-refractivity contribution in [3.63, 3.8) is 0 Å². The van der Waals surface area contributed by atoms with Crippen LogP contribution in [-0.2, 0) is 0 Å². The number of para-hydroxylation sites is 1. The fourth-order valence-electron chi connectivity index (χ4n) is 1.11. The number of hydrogen-bond donors (Lipinski definition) is 3. The molecule has 0 saturated carbocycles. The summed E-state index contributed by atoms with van der Waals surface area (Å²) in [5, 5.41) is 8.46. The van der Waals surface area contributed by atoms with Crippen LogP contribution in [0.2, 0.25) is 10.0 Å². The molecule has 0 unspecified atom stereocenters. The summed E-state index contributed by atoms with van der Waals surface area (Å²) < 4.78 is 0. The van der Waals surface area contributed by atoms with Gasteiger partial charge in [0.1, 0.15) is 0 Å².